The fourth-order valence-electron chi connectivity index (χ4n) is 1.37. The molecule has 0 aromatic rings. The van der Waals surface area contributed by atoms with E-state index in [-0.39, 0.29) is 0 Å². The Kier molecular flexibility index (Phi) is 7.18. The van der Waals surface area contributed by atoms with Crippen molar-refractivity contribution in [1.82, 2.24) is 10.9 Å². The van der Waals surface area contributed by atoms with Gasteiger partial charge in [-0.05, 0) is 6.92 Å². The van der Waals surface area contributed by atoms with E-state index in [1.165, 1.54) is 6.92 Å². The van der Waals surface area contributed by atoms with Crippen molar-refractivity contribution in [2.45, 2.75) is 31.8 Å². The third-order valence-corrected chi connectivity index (χ3v) is 2.48. The number of rotatable bonds is 10. The molecule has 0 heterocycles. The third-order valence-electron chi connectivity index (χ3n) is 2.48. The van der Waals surface area contributed by atoms with E-state index in [9.17, 15) is 19.2 Å². The average molecular weight is 292 g/mol. The molecule has 0 aliphatic rings. The lowest BCUT2D eigenvalue weighted by molar-refractivity contribution is -0.149. The van der Waals surface area contributed by atoms with E-state index >= 15 is 0 Å². The summed E-state index contributed by atoms with van der Waals surface area (Å²) in [6, 6.07) is -2.38. The zero-order valence-electron chi connectivity index (χ0n) is 10.6. The van der Waals surface area contributed by atoms with Crippen LogP contribution < -0.4 is 10.9 Å². The normalized spacial score (nSPS) is 15.1. The molecule has 20 heavy (non-hydrogen) atoms. The number of hydrogen-bond acceptors (Lipinski definition) is 6. The molecule has 114 valence electrons. The van der Waals surface area contributed by atoms with Crippen LogP contribution in [0.2, 0.25) is 0 Å². The molecular formula is C10H16N2O8. The molecule has 0 aliphatic carbocycles. The maximum atomic E-state index is 10.9. The summed E-state index contributed by atoms with van der Waals surface area (Å²) in [4.78, 5) is 42.6. The van der Waals surface area contributed by atoms with Crippen LogP contribution in [0.5, 0.6) is 0 Å². The minimum absolute atomic E-state index is 0.651. The van der Waals surface area contributed by atoms with Gasteiger partial charge in [0.1, 0.15) is 6.04 Å². The largest absolute Gasteiger partial charge is 0.481 e. The highest BCUT2D eigenvalue weighted by Crippen LogP contribution is 2.09. The molecule has 3 unspecified atom stereocenters. The Morgan fingerprint density at radius 3 is 1.70 bits per heavy atom. The molecule has 10 heteroatoms. The van der Waals surface area contributed by atoms with E-state index in [1.54, 1.807) is 0 Å². The molecule has 0 saturated carbocycles. The minimum Gasteiger partial charge on any atom is -0.481 e. The van der Waals surface area contributed by atoms with Gasteiger partial charge in [-0.2, -0.15) is 0 Å². The topological polar surface area (TPSA) is 173 Å². The summed E-state index contributed by atoms with van der Waals surface area (Å²) in [7, 11) is 0. The Balaban J connectivity index is 4.58. The fourth-order valence-corrected chi connectivity index (χ4v) is 1.37. The van der Waals surface area contributed by atoms with Gasteiger partial charge >= 0.3 is 23.9 Å². The molecule has 3 atom stereocenters. The number of hydrogen-bond donors (Lipinski definition) is 6. The molecule has 0 bridgehead atoms. The molecule has 0 aromatic heterocycles. The van der Waals surface area contributed by atoms with Gasteiger partial charge < -0.3 is 20.4 Å². The predicted molar refractivity (Wildman–Crippen MR) is 62.8 cm³/mol. The van der Waals surface area contributed by atoms with E-state index in [0.717, 1.165) is 0 Å². The van der Waals surface area contributed by atoms with Crippen molar-refractivity contribution in [1.29, 1.82) is 0 Å². The first-order chi connectivity index (χ1) is 9.15. The number of carbonyl (C=O) groups is 4. The lowest BCUT2D eigenvalue weighted by Gasteiger charge is -2.22. The number of carboxylic acid groups (broad SMARTS) is 4. The third kappa shape index (κ3) is 6.66. The van der Waals surface area contributed by atoms with Crippen LogP contribution in [0.15, 0.2) is 0 Å². The summed E-state index contributed by atoms with van der Waals surface area (Å²) in [5.74, 6) is -6.75. The molecule has 0 rings (SSSR count). The van der Waals surface area contributed by atoms with E-state index in [2.05, 4.69) is 10.9 Å². The number of aliphatic carboxylic acids is 4. The summed E-state index contributed by atoms with van der Waals surface area (Å²) in [6.07, 6.45) is -1.37. The van der Waals surface area contributed by atoms with Crippen LogP contribution in [-0.2, 0) is 19.2 Å². The highest BCUT2D eigenvalue weighted by atomic mass is 16.4. The average Bonchev–Trinajstić information content (AvgIpc) is 2.29. The van der Waals surface area contributed by atoms with Crippen LogP contribution in [0.25, 0.3) is 0 Å². The van der Waals surface area contributed by atoms with Gasteiger partial charge in [0.25, 0.3) is 0 Å². The minimum atomic E-state index is -1.46. The van der Waals surface area contributed by atoms with Gasteiger partial charge in [0.05, 0.1) is 18.8 Å². The van der Waals surface area contributed by atoms with Gasteiger partial charge in [-0.1, -0.05) is 0 Å². The molecule has 6 N–H and O–H groups in total. The van der Waals surface area contributed by atoms with E-state index in [1.807, 2.05) is 0 Å². The lowest BCUT2D eigenvalue weighted by atomic mass is 9.98. The van der Waals surface area contributed by atoms with Gasteiger partial charge in [-0.3, -0.25) is 24.6 Å². The maximum absolute atomic E-state index is 10.9. The second-order valence-electron chi connectivity index (χ2n) is 4.11. The Morgan fingerprint density at radius 2 is 1.35 bits per heavy atom. The molecule has 0 radical (unpaired) electrons. The van der Waals surface area contributed by atoms with Crippen molar-refractivity contribution in [2.24, 2.45) is 5.92 Å². The zero-order valence-corrected chi connectivity index (χ0v) is 10.6. The molecule has 0 spiro atoms. The molecule has 0 aliphatic heterocycles. The van der Waals surface area contributed by atoms with Crippen molar-refractivity contribution in [2.75, 3.05) is 0 Å². The number of hydrazine groups is 1. The molecule has 0 fully saturated rings. The summed E-state index contributed by atoms with van der Waals surface area (Å²) in [6.45, 7) is 1.34. The monoisotopic (exact) mass is 292 g/mol. The molecule has 0 amide bonds. The van der Waals surface area contributed by atoms with E-state index in [4.69, 9.17) is 20.4 Å². The quantitative estimate of drug-likeness (QED) is 0.262. The van der Waals surface area contributed by atoms with Crippen molar-refractivity contribution < 1.29 is 39.6 Å². The Labute approximate surface area is 113 Å². The zero-order chi connectivity index (χ0) is 15.9. The van der Waals surface area contributed by atoms with Crippen molar-refractivity contribution in [3.8, 4) is 0 Å². The van der Waals surface area contributed by atoms with Crippen LogP contribution in [0.3, 0.4) is 0 Å². The second-order valence-corrected chi connectivity index (χ2v) is 4.11. The Morgan fingerprint density at radius 1 is 0.850 bits per heavy atom. The molecule has 0 saturated heterocycles. The van der Waals surface area contributed by atoms with Gasteiger partial charge in [0, 0.05) is 6.04 Å². The van der Waals surface area contributed by atoms with Crippen molar-refractivity contribution in [3.05, 3.63) is 0 Å². The lowest BCUT2D eigenvalue weighted by Crippen LogP contribution is -2.53. The number of nitrogens with one attached hydrogen (secondary N) is 2. The fraction of sp³-hybridized carbons (Fsp3) is 0.600. The summed E-state index contributed by atoms with van der Waals surface area (Å²) in [5, 5.41) is 34.7. The molecular weight excluding hydrogens is 276 g/mol. The summed E-state index contributed by atoms with van der Waals surface area (Å²) in [5.41, 5.74) is 4.49. The smallest absolute Gasteiger partial charge is 0.322 e. The molecule has 10 nitrogen and oxygen atoms in total. The first-order valence-corrected chi connectivity index (χ1v) is 5.55. The van der Waals surface area contributed by atoms with Crippen LogP contribution in [0.1, 0.15) is 19.8 Å². The highest BCUT2D eigenvalue weighted by molar-refractivity contribution is 5.80. The van der Waals surface area contributed by atoms with Crippen molar-refractivity contribution >= 4 is 23.9 Å². The molecule has 0 aromatic carbocycles. The van der Waals surface area contributed by atoms with Gasteiger partial charge in [0.15, 0.2) is 0 Å². The van der Waals surface area contributed by atoms with Gasteiger partial charge in [-0.25, -0.2) is 5.43 Å². The maximum Gasteiger partial charge on any atom is 0.322 e. The number of carboxylic acids is 4. The van der Waals surface area contributed by atoms with Crippen molar-refractivity contribution in [3.63, 3.8) is 0 Å². The predicted octanol–water partition coefficient (Wildman–Crippen LogP) is -1.43. The van der Waals surface area contributed by atoms with E-state index in [0.29, 0.717) is 0 Å². The highest BCUT2D eigenvalue weighted by Gasteiger charge is 2.29. The SMILES string of the molecule is CC(NNC(CC(=O)O)C(=O)O)C(CC(=O)O)C(=O)O. The Hall–Kier alpha value is -2.20. The first-order valence-electron chi connectivity index (χ1n) is 5.55. The van der Waals surface area contributed by atoms with Gasteiger partial charge in [0.2, 0.25) is 0 Å². The summed E-state index contributed by atoms with van der Waals surface area (Å²) < 4.78 is 0. The Bertz CT molecular complexity index is 397. The second kappa shape index (κ2) is 8.07. The van der Waals surface area contributed by atoms with E-state index < -0.39 is 54.7 Å². The standard InChI is InChI=1S/C10H16N2O8/c1-4(5(9(17)18)2-7(13)14)11-12-6(10(19)20)3-8(15)16/h4-6,11-12H,2-3H2,1H3,(H,13,14)(H,15,16)(H,17,18)(H,19,20). The van der Waals surface area contributed by atoms with Gasteiger partial charge in [-0.15, -0.1) is 0 Å². The van der Waals surface area contributed by atoms with Crippen LogP contribution in [-0.4, -0.2) is 56.4 Å². The first kappa shape index (κ1) is 17.8. The summed E-state index contributed by atoms with van der Waals surface area (Å²) >= 11 is 0. The van der Waals surface area contributed by atoms with Crippen LogP contribution in [0.4, 0.5) is 0 Å². The van der Waals surface area contributed by atoms with Crippen LogP contribution >= 0.6 is 0 Å². The van der Waals surface area contributed by atoms with Crippen LogP contribution in [0, 0.1) is 5.92 Å².